The van der Waals surface area contributed by atoms with Crippen LogP contribution in [0.1, 0.15) is 29.5 Å². The minimum absolute atomic E-state index is 0.208. The quantitative estimate of drug-likeness (QED) is 0.445. The average Bonchev–Trinajstić information content (AvgIpc) is 2.61. The van der Waals surface area contributed by atoms with Crippen LogP contribution in [-0.2, 0) is 22.4 Å². The van der Waals surface area contributed by atoms with Crippen molar-refractivity contribution in [1.29, 1.82) is 0 Å². The summed E-state index contributed by atoms with van der Waals surface area (Å²) in [6, 6.07) is 17.6. The molecular weight excluding hydrogens is 302 g/mol. The average molecular weight is 323 g/mol. The van der Waals surface area contributed by atoms with Crippen LogP contribution in [0.4, 0.5) is 0 Å². The summed E-state index contributed by atoms with van der Waals surface area (Å²) in [5, 5.41) is 8.46. The number of carbonyl (C=O) groups is 2. The van der Waals surface area contributed by atoms with Gasteiger partial charge in [0.05, 0.1) is 0 Å². The van der Waals surface area contributed by atoms with Gasteiger partial charge in [0.15, 0.2) is 0 Å². The minimum Gasteiger partial charge on any atom is -0.299 e. The number of benzene rings is 2. The van der Waals surface area contributed by atoms with Gasteiger partial charge in [0.25, 0.3) is 5.91 Å². The lowest BCUT2D eigenvalue weighted by Crippen LogP contribution is -2.14. The monoisotopic (exact) mass is 323 g/mol. The first-order valence-electron chi connectivity index (χ1n) is 7.94. The SMILES string of the molecule is O=C(CCCc1ccccc1)Cc1cccc(/C=C/C(=O)NO)c1. The summed E-state index contributed by atoms with van der Waals surface area (Å²) >= 11 is 0. The molecule has 0 radical (unpaired) electrons. The van der Waals surface area contributed by atoms with Gasteiger partial charge in [-0.15, -0.1) is 0 Å². The number of nitrogens with one attached hydrogen (secondary N) is 1. The maximum absolute atomic E-state index is 12.1. The minimum atomic E-state index is -0.586. The van der Waals surface area contributed by atoms with E-state index in [1.54, 1.807) is 6.08 Å². The molecule has 0 bridgehead atoms. The van der Waals surface area contributed by atoms with Crippen LogP contribution in [0.2, 0.25) is 0 Å². The largest absolute Gasteiger partial charge is 0.299 e. The Balaban J connectivity index is 1.83. The van der Waals surface area contributed by atoms with Crippen LogP contribution < -0.4 is 5.48 Å². The Bertz CT molecular complexity index is 708. The van der Waals surface area contributed by atoms with Crippen LogP contribution in [0.5, 0.6) is 0 Å². The van der Waals surface area contributed by atoms with E-state index in [0.29, 0.717) is 12.8 Å². The summed E-state index contributed by atoms with van der Waals surface area (Å²) in [5.74, 6) is -0.377. The van der Waals surface area contributed by atoms with Crippen LogP contribution in [0, 0.1) is 0 Å². The molecule has 4 heteroatoms. The van der Waals surface area contributed by atoms with E-state index in [-0.39, 0.29) is 5.78 Å². The maximum Gasteiger partial charge on any atom is 0.267 e. The normalized spacial score (nSPS) is 10.7. The first-order valence-corrected chi connectivity index (χ1v) is 7.94. The Labute approximate surface area is 141 Å². The predicted octanol–water partition coefficient (Wildman–Crippen LogP) is 3.34. The van der Waals surface area contributed by atoms with Crippen LogP contribution in [0.3, 0.4) is 0 Å². The molecule has 2 aromatic rings. The van der Waals surface area contributed by atoms with E-state index in [4.69, 9.17) is 5.21 Å². The summed E-state index contributed by atoms with van der Waals surface area (Å²) < 4.78 is 0. The summed E-state index contributed by atoms with van der Waals surface area (Å²) in [7, 11) is 0. The second kappa shape index (κ2) is 9.43. The van der Waals surface area contributed by atoms with Gasteiger partial charge in [-0.1, -0.05) is 54.6 Å². The number of hydrogen-bond acceptors (Lipinski definition) is 3. The molecule has 1 amide bonds. The number of rotatable bonds is 8. The van der Waals surface area contributed by atoms with Crippen molar-refractivity contribution in [2.24, 2.45) is 0 Å². The summed E-state index contributed by atoms with van der Waals surface area (Å²) in [5.41, 5.74) is 4.52. The van der Waals surface area contributed by atoms with E-state index in [1.165, 1.54) is 17.1 Å². The molecule has 0 heterocycles. The van der Waals surface area contributed by atoms with E-state index >= 15 is 0 Å². The molecule has 124 valence electrons. The Morgan fingerprint density at radius 1 is 1.00 bits per heavy atom. The molecule has 2 rings (SSSR count). The van der Waals surface area contributed by atoms with Crippen LogP contribution in [-0.4, -0.2) is 16.9 Å². The molecule has 0 fully saturated rings. The third-order valence-corrected chi connectivity index (χ3v) is 3.65. The maximum atomic E-state index is 12.1. The number of Topliss-reactive ketones (excluding diaryl/α,β-unsaturated/α-hetero) is 1. The van der Waals surface area contributed by atoms with Gasteiger partial charge in [0, 0.05) is 18.9 Å². The molecule has 0 unspecified atom stereocenters. The van der Waals surface area contributed by atoms with Crippen LogP contribution >= 0.6 is 0 Å². The van der Waals surface area contributed by atoms with E-state index in [1.807, 2.05) is 42.5 Å². The molecule has 4 nitrogen and oxygen atoms in total. The fourth-order valence-corrected chi connectivity index (χ4v) is 2.47. The van der Waals surface area contributed by atoms with Crippen molar-refractivity contribution >= 4 is 17.8 Å². The van der Waals surface area contributed by atoms with Crippen molar-refractivity contribution in [3.63, 3.8) is 0 Å². The predicted molar refractivity (Wildman–Crippen MR) is 93.5 cm³/mol. The zero-order chi connectivity index (χ0) is 17.2. The number of hydroxylamine groups is 1. The van der Waals surface area contributed by atoms with E-state index in [0.717, 1.165) is 24.0 Å². The van der Waals surface area contributed by atoms with Gasteiger partial charge in [-0.05, 0) is 35.6 Å². The Hall–Kier alpha value is -2.72. The van der Waals surface area contributed by atoms with E-state index < -0.39 is 5.91 Å². The summed E-state index contributed by atoms with van der Waals surface area (Å²) in [4.78, 5) is 23.1. The highest BCUT2D eigenvalue weighted by Crippen LogP contribution is 2.11. The second-order valence-electron chi connectivity index (χ2n) is 5.61. The second-order valence-corrected chi connectivity index (χ2v) is 5.61. The number of ketones is 1. The summed E-state index contributed by atoms with van der Waals surface area (Å²) in [6.07, 6.45) is 5.53. The van der Waals surface area contributed by atoms with Crippen molar-refractivity contribution < 1.29 is 14.8 Å². The lowest BCUT2D eigenvalue weighted by Gasteiger charge is -2.04. The van der Waals surface area contributed by atoms with Gasteiger partial charge in [0.1, 0.15) is 5.78 Å². The molecule has 0 aliphatic rings. The highest BCUT2D eigenvalue weighted by molar-refractivity contribution is 5.90. The molecule has 0 aliphatic carbocycles. The van der Waals surface area contributed by atoms with Crippen molar-refractivity contribution in [2.75, 3.05) is 0 Å². The van der Waals surface area contributed by atoms with Crippen LogP contribution in [0.25, 0.3) is 6.08 Å². The van der Waals surface area contributed by atoms with Crippen molar-refractivity contribution in [3.05, 3.63) is 77.4 Å². The fourth-order valence-electron chi connectivity index (χ4n) is 2.47. The number of aryl methyl sites for hydroxylation is 1. The number of carbonyl (C=O) groups excluding carboxylic acids is 2. The molecule has 0 aliphatic heterocycles. The molecule has 0 atom stereocenters. The number of amides is 1. The molecule has 0 saturated heterocycles. The summed E-state index contributed by atoms with van der Waals surface area (Å²) in [6.45, 7) is 0. The van der Waals surface area contributed by atoms with Crippen LogP contribution in [0.15, 0.2) is 60.7 Å². The fraction of sp³-hybridized carbons (Fsp3) is 0.200. The molecule has 2 N–H and O–H groups in total. The van der Waals surface area contributed by atoms with Crippen molar-refractivity contribution in [2.45, 2.75) is 25.7 Å². The van der Waals surface area contributed by atoms with Crippen molar-refractivity contribution in [1.82, 2.24) is 5.48 Å². The first kappa shape index (κ1) is 17.6. The molecule has 24 heavy (non-hydrogen) atoms. The Morgan fingerprint density at radius 3 is 2.50 bits per heavy atom. The lowest BCUT2D eigenvalue weighted by molar-refractivity contribution is -0.124. The standard InChI is InChI=1S/C20H21NO3/c22-19(11-5-8-16-6-2-1-3-7-16)15-18-10-4-9-17(14-18)12-13-20(23)21-24/h1-4,6-7,9-10,12-14,24H,5,8,11,15H2,(H,21,23)/b13-12+. The lowest BCUT2D eigenvalue weighted by atomic mass is 10.0. The zero-order valence-electron chi connectivity index (χ0n) is 13.4. The molecule has 2 aromatic carbocycles. The smallest absolute Gasteiger partial charge is 0.267 e. The molecule has 0 aromatic heterocycles. The first-order chi connectivity index (χ1) is 11.7. The van der Waals surface area contributed by atoms with Gasteiger partial charge < -0.3 is 0 Å². The van der Waals surface area contributed by atoms with Gasteiger partial charge in [-0.3, -0.25) is 14.8 Å². The van der Waals surface area contributed by atoms with E-state index in [2.05, 4.69) is 12.1 Å². The van der Waals surface area contributed by atoms with Gasteiger partial charge in [-0.2, -0.15) is 0 Å². The topological polar surface area (TPSA) is 66.4 Å². The third kappa shape index (κ3) is 6.18. The molecule has 0 spiro atoms. The molecular formula is C20H21NO3. The third-order valence-electron chi connectivity index (χ3n) is 3.65. The zero-order valence-corrected chi connectivity index (χ0v) is 13.4. The van der Waals surface area contributed by atoms with Gasteiger partial charge in [0.2, 0.25) is 0 Å². The Kier molecular flexibility index (Phi) is 6.92. The Morgan fingerprint density at radius 2 is 1.75 bits per heavy atom. The van der Waals surface area contributed by atoms with Gasteiger partial charge >= 0.3 is 0 Å². The highest BCUT2D eigenvalue weighted by atomic mass is 16.5. The number of hydrogen-bond donors (Lipinski definition) is 2. The highest BCUT2D eigenvalue weighted by Gasteiger charge is 2.05. The van der Waals surface area contributed by atoms with E-state index in [9.17, 15) is 9.59 Å². The molecule has 0 saturated carbocycles. The van der Waals surface area contributed by atoms with Crippen molar-refractivity contribution in [3.8, 4) is 0 Å². The van der Waals surface area contributed by atoms with Gasteiger partial charge in [-0.25, -0.2) is 5.48 Å².